The van der Waals surface area contributed by atoms with Crippen LogP contribution in [0.2, 0.25) is 0 Å². The Hall–Kier alpha value is -2.91. The molecule has 1 atom stereocenters. The van der Waals surface area contributed by atoms with Gasteiger partial charge in [0.1, 0.15) is 5.75 Å². The Morgan fingerprint density at radius 3 is 2.55 bits per heavy atom. The number of hydrogen-bond acceptors (Lipinski definition) is 5. The highest BCUT2D eigenvalue weighted by atomic mass is 32.2. The van der Waals surface area contributed by atoms with E-state index in [4.69, 9.17) is 4.74 Å². The van der Waals surface area contributed by atoms with E-state index in [2.05, 4.69) is 5.32 Å². The molecule has 0 saturated heterocycles. The molecule has 166 valence electrons. The number of hydrogen-bond donors (Lipinski definition) is 1. The summed E-state index contributed by atoms with van der Waals surface area (Å²) in [5.74, 6) is -0.334. The van der Waals surface area contributed by atoms with Crippen LogP contribution in [0.25, 0.3) is 0 Å². The molecule has 31 heavy (non-hydrogen) atoms. The van der Waals surface area contributed by atoms with Gasteiger partial charge in [0, 0.05) is 25.3 Å². The molecule has 0 radical (unpaired) electrons. The van der Waals surface area contributed by atoms with Crippen molar-refractivity contribution in [2.45, 2.75) is 38.7 Å². The molecule has 3 rings (SSSR count). The number of carbonyl (C=O) groups excluding carboxylic acids is 2. The maximum absolute atomic E-state index is 13.2. The van der Waals surface area contributed by atoms with Crippen molar-refractivity contribution < 1.29 is 22.7 Å². The van der Waals surface area contributed by atoms with Crippen molar-refractivity contribution >= 4 is 33.2 Å². The van der Waals surface area contributed by atoms with Gasteiger partial charge in [-0.05, 0) is 57.0 Å². The monoisotopic (exact) mass is 445 g/mol. The Bertz CT molecular complexity index is 1130. The normalized spacial score (nSPS) is 15.8. The average molecular weight is 446 g/mol. The highest BCUT2D eigenvalue weighted by Gasteiger charge is 2.30. The highest BCUT2D eigenvalue weighted by molar-refractivity contribution is 7.89. The van der Waals surface area contributed by atoms with Gasteiger partial charge in [-0.1, -0.05) is 12.1 Å². The van der Waals surface area contributed by atoms with Gasteiger partial charge in [-0.25, -0.2) is 8.42 Å². The first-order valence-electron chi connectivity index (χ1n) is 10.00. The first-order valence-corrected chi connectivity index (χ1v) is 11.4. The summed E-state index contributed by atoms with van der Waals surface area (Å²) in [7, 11) is -2.59. The lowest BCUT2D eigenvalue weighted by Gasteiger charge is -2.27. The van der Waals surface area contributed by atoms with Crippen LogP contribution in [0.3, 0.4) is 0 Å². The maximum atomic E-state index is 13.2. The summed E-state index contributed by atoms with van der Waals surface area (Å²) in [6.45, 7) is 7.10. The van der Waals surface area contributed by atoms with Crippen molar-refractivity contribution in [1.29, 1.82) is 0 Å². The summed E-state index contributed by atoms with van der Waals surface area (Å²) >= 11 is 0. The minimum absolute atomic E-state index is 0.0310. The Kier molecular flexibility index (Phi) is 6.38. The zero-order valence-electron chi connectivity index (χ0n) is 18.3. The molecular formula is C22H27N3O5S. The number of likely N-dealkylation sites (N-methyl/N-ethyl adjacent to an activating group) is 2. The van der Waals surface area contributed by atoms with Crippen molar-refractivity contribution in [3.05, 3.63) is 47.5 Å². The fourth-order valence-corrected chi connectivity index (χ4v) is 4.79. The van der Waals surface area contributed by atoms with Crippen LogP contribution in [0.1, 0.15) is 25.0 Å². The van der Waals surface area contributed by atoms with E-state index < -0.39 is 16.1 Å². The molecular weight excluding hydrogens is 418 g/mol. The number of sulfonamides is 1. The Balaban J connectivity index is 1.86. The zero-order chi connectivity index (χ0) is 22.9. The Labute approximate surface area is 182 Å². The summed E-state index contributed by atoms with van der Waals surface area (Å²) in [5.41, 5.74) is 2.61. The Morgan fingerprint density at radius 1 is 1.19 bits per heavy atom. The van der Waals surface area contributed by atoms with Gasteiger partial charge in [-0.15, -0.1) is 0 Å². The van der Waals surface area contributed by atoms with Crippen molar-refractivity contribution in [3.8, 4) is 5.75 Å². The summed E-state index contributed by atoms with van der Waals surface area (Å²) in [4.78, 5) is 26.3. The predicted octanol–water partition coefficient (Wildman–Crippen LogP) is 2.70. The van der Waals surface area contributed by atoms with Crippen LogP contribution < -0.4 is 15.0 Å². The smallest absolute Gasteiger partial charge is 0.265 e. The summed E-state index contributed by atoms with van der Waals surface area (Å²) in [6, 6.07) is 10.5. The van der Waals surface area contributed by atoms with Crippen LogP contribution in [0.15, 0.2) is 41.3 Å². The van der Waals surface area contributed by atoms with Crippen LogP contribution in [-0.4, -0.2) is 50.8 Å². The second-order valence-electron chi connectivity index (χ2n) is 7.60. The van der Waals surface area contributed by atoms with E-state index in [1.54, 1.807) is 24.8 Å². The van der Waals surface area contributed by atoms with E-state index in [1.165, 1.54) is 13.1 Å². The third-order valence-electron chi connectivity index (χ3n) is 5.18. The molecule has 0 unspecified atom stereocenters. The third-order valence-corrected chi connectivity index (χ3v) is 7.13. The molecule has 1 aliphatic heterocycles. The maximum Gasteiger partial charge on any atom is 0.265 e. The van der Waals surface area contributed by atoms with Crippen LogP contribution in [0, 0.1) is 13.8 Å². The molecule has 9 heteroatoms. The Morgan fingerprint density at radius 2 is 1.90 bits per heavy atom. The molecule has 1 aliphatic rings. The lowest BCUT2D eigenvalue weighted by molar-refractivity contribution is -0.122. The van der Waals surface area contributed by atoms with Gasteiger partial charge in [0.2, 0.25) is 15.9 Å². The van der Waals surface area contributed by atoms with Crippen LogP contribution in [0.5, 0.6) is 5.75 Å². The molecule has 0 saturated carbocycles. The van der Waals surface area contributed by atoms with Crippen LogP contribution in [0.4, 0.5) is 11.4 Å². The van der Waals surface area contributed by atoms with E-state index in [-0.39, 0.29) is 29.0 Å². The SMILES string of the molecule is CCN(C(=O)CN(C)S(=O)(=O)c1cc2c(cc1C)NC(=O)[C@H](C)O2)c1cccc(C)c1. The van der Waals surface area contributed by atoms with Gasteiger partial charge in [-0.3, -0.25) is 9.59 Å². The predicted molar refractivity (Wildman–Crippen MR) is 119 cm³/mol. The second kappa shape index (κ2) is 8.68. The minimum atomic E-state index is -3.97. The molecule has 2 amide bonds. The number of fused-ring (bicyclic) bond motifs is 1. The molecule has 2 aromatic rings. The fraction of sp³-hybridized carbons (Fsp3) is 0.364. The van der Waals surface area contributed by atoms with Gasteiger partial charge in [0.25, 0.3) is 5.91 Å². The van der Waals surface area contributed by atoms with Crippen molar-refractivity contribution in [3.63, 3.8) is 0 Å². The number of aryl methyl sites for hydroxylation is 2. The number of carbonyl (C=O) groups is 2. The molecule has 1 heterocycles. The van der Waals surface area contributed by atoms with Gasteiger partial charge in [0.15, 0.2) is 6.10 Å². The summed E-state index contributed by atoms with van der Waals surface area (Å²) < 4.78 is 33.1. The summed E-state index contributed by atoms with van der Waals surface area (Å²) in [6.07, 6.45) is -0.725. The van der Waals surface area contributed by atoms with Crippen molar-refractivity contribution in [2.24, 2.45) is 0 Å². The second-order valence-corrected chi connectivity index (χ2v) is 9.61. The van der Waals surface area contributed by atoms with Crippen molar-refractivity contribution in [1.82, 2.24) is 4.31 Å². The fourth-order valence-electron chi connectivity index (χ4n) is 3.45. The number of benzene rings is 2. The molecule has 2 aromatic carbocycles. The van der Waals surface area contributed by atoms with Gasteiger partial charge in [-0.2, -0.15) is 4.31 Å². The lowest BCUT2D eigenvalue weighted by Crippen LogP contribution is -2.41. The van der Waals surface area contributed by atoms with E-state index in [0.29, 0.717) is 17.8 Å². The van der Waals surface area contributed by atoms with E-state index in [1.807, 2.05) is 38.1 Å². The van der Waals surface area contributed by atoms with Crippen molar-refractivity contribution in [2.75, 3.05) is 30.4 Å². The highest BCUT2D eigenvalue weighted by Crippen LogP contribution is 2.35. The largest absolute Gasteiger partial charge is 0.479 e. The zero-order valence-corrected chi connectivity index (χ0v) is 19.1. The molecule has 0 fully saturated rings. The average Bonchev–Trinajstić information content (AvgIpc) is 2.69. The van der Waals surface area contributed by atoms with Gasteiger partial charge < -0.3 is 15.0 Å². The number of anilines is 2. The number of amides is 2. The van der Waals surface area contributed by atoms with Crippen LogP contribution in [-0.2, 0) is 19.6 Å². The molecule has 0 aromatic heterocycles. The van der Waals surface area contributed by atoms with E-state index in [9.17, 15) is 18.0 Å². The molecule has 8 nitrogen and oxygen atoms in total. The first-order chi connectivity index (χ1) is 14.5. The lowest BCUT2D eigenvalue weighted by atomic mass is 10.1. The number of rotatable bonds is 6. The van der Waals surface area contributed by atoms with Gasteiger partial charge in [0.05, 0.1) is 17.1 Å². The van der Waals surface area contributed by atoms with Crippen LogP contribution >= 0.6 is 0 Å². The molecule has 0 bridgehead atoms. The number of nitrogens with one attached hydrogen (secondary N) is 1. The number of nitrogens with zero attached hydrogens (tertiary/aromatic N) is 2. The summed E-state index contributed by atoms with van der Waals surface area (Å²) in [5, 5.41) is 2.70. The third kappa shape index (κ3) is 4.57. The topological polar surface area (TPSA) is 96.0 Å². The minimum Gasteiger partial charge on any atom is -0.479 e. The van der Waals surface area contributed by atoms with Gasteiger partial charge >= 0.3 is 0 Å². The standard InChI is InChI=1S/C22H27N3O5S/c1-6-25(17-9-7-8-14(2)10-17)21(26)13-24(5)31(28,29)20-12-19-18(11-15(20)3)23-22(27)16(4)30-19/h7-12,16H,6,13H2,1-5H3,(H,23,27)/t16-/m0/s1. The van der Waals surface area contributed by atoms with E-state index >= 15 is 0 Å². The number of ether oxygens (including phenoxy) is 1. The molecule has 1 N–H and O–H groups in total. The first kappa shape index (κ1) is 22.8. The molecule has 0 aliphatic carbocycles. The molecule has 0 spiro atoms. The van der Waals surface area contributed by atoms with E-state index in [0.717, 1.165) is 15.6 Å². The quantitative estimate of drug-likeness (QED) is 0.738.